The van der Waals surface area contributed by atoms with Gasteiger partial charge < -0.3 is 44.6 Å². The van der Waals surface area contributed by atoms with Gasteiger partial charge in [0.2, 0.25) is 0 Å². The van der Waals surface area contributed by atoms with Crippen molar-refractivity contribution in [3.63, 3.8) is 0 Å². The molecule has 0 N–H and O–H groups in total. The van der Waals surface area contributed by atoms with Crippen molar-refractivity contribution in [2.24, 2.45) is 0 Å². The van der Waals surface area contributed by atoms with E-state index in [1.807, 2.05) is 27.7 Å². The number of carbonyl (C=O) groups is 2. The number of nitrogens with zero attached hydrogens (tertiary/aromatic N) is 2. The number of hydrogen-bond donors (Lipinski definition) is 0. The van der Waals surface area contributed by atoms with E-state index >= 15 is 0 Å². The monoisotopic (exact) mass is 328 g/mol. The maximum Gasteiger partial charge on any atom is 2.00 e. The van der Waals surface area contributed by atoms with E-state index < -0.39 is 0 Å². The molecule has 0 saturated heterocycles. The molecule has 0 aliphatic rings. The first-order chi connectivity index (χ1) is 7.44. The van der Waals surface area contributed by atoms with E-state index in [4.69, 9.17) is 0 Å². The van der Waals surface area contributed by atoms with Gasteiger partial charge in [0.15, 0.2) is 0 Å². The van der Waals surface area contributed by atoms with Crippen LogP contribution in [0.3, 0.4) is 0 Å². The fourth-order valence-electron chi connectivity index (χ4n) is 0.964. The molecule has 0 fully saturated rings. The van der Waals surface area contributed by atoms with Crippen LogP contribution in [0.15, 0.2) is 0 Å². The van der Waals surface area contributed by atoms with Gasteiger partial charge in [-0.2, -0.15) is 0 Å². The topological polar surface area (TPSA) is 40.6 Å². The van der Waals surface area contributed by atoms with Crippen LogP contribution in [0.25, 0.3) is 0 Å². The Bertz CT molecular complexity index is 188. The largest absolute Gasteiger partial charge is 2.00 e. The third kappa shape index (κ3) is 12.3. The molecule has 0 bridgehead atoms. The average Bonchev–Trinajstić information content (AvgIpc) is 2.21. The maximum atomic E-state index is 10.3. The predicted octanol–water partition coefficient (Wildman–Crippen LogP) is 1.99. The van der Waals surface area contributed by atoms with Gasteiger partial charge in [-0.25, -0.2) is 0 Å². The Kier molecular flexibility index (Phi) is 18.4. The summed E-state index contributed by atoms with van der Waals surface area (Å²) in [6.45, 7) is 10.5. The summed E-state index contributed by atoms with van der Waals surface area (Å²) < 4.78 is 0. The first-order valence-electron chi connectivity index (χ1n) is 5.36. The van der Waals surface area contributed by atoms with Crippen LogP contribution in [0.1, 0.15) is 27.7 Å². The molecule has 96 valence electrons. The Morgan fingerprint density at radius 2 is 0.941 bits per heavy atom. The van der Waals surface area contributed by atoms with E-state index in [9.17, 15) is 9.59 Å². The van der Waals surface area contributed by atoms with Crippen LogP contribution in [0.5, 0.6) is 0 Å². The van der Waals surface area contributed by atoms with Gasteiger partial charge >= 0.3 is 19.5 Å². The molecular formula is C10H20N2O2S2Zn. The summed E-state index contributed by atoms with van der Waals surface area (Å²) in [6.07, 6.45) is 0. The first-order valence-corrected chi connectivity index (χ1v) is 6.17. The Hall–Kier alpha value is 0.00338. The average molecular weight is 330 g/mol. The van der Waals surface area contributed by atoms with E-state index in [1.54, 1.807) is 9.80 Å². The fraction of sp³-hybridized carbons (Fsp3) is 0.800. The summed E-state index contributed by atoms with van der Waals surface area (Å²) in [7, 11) is 0. The molecule has 0 heterocycles. The van der Waals surface area contributed by atoms with Crippen LogP contribution < -0.4 is 0 Å². The summed E-state index contributed by atoms with van der Waals surface area (Å²) in [5.41, 5.74) is 0. The van der Waals surface area contributed by atoms with Crippen molar-refractivity contribution in [1.82, 2.24) is 9.80 Å². The standard InChI is InChI=1S/2C5H11NOS.Zn/c2*1-3-6(4-2)5(7)8;/h2*3-4H2,1-2H3,(H,7,8);/q;;+2/p-2. The van der Waals surface area contributed by atoms with Gasteiger partial charge in [0.05, 0.1) is 0 Å². The van der Waals surface area contributed by atoms with Gasteiger partial charge in [0.25, 0.3) is 0 Å². The van der Waals surface area contributed by atoms with Crippen molar-refractivity contribution in [3.05, 3.63) is 0 Å². The van der Waals surface area contributed by atoms with Crippen LogP contribution >= 0.6 is 0 Å². The summed E-state index contributed by atoms with van der Waals surface area (Å²) in [5, 5.41) is -0.509. The molecule has 0 aromatic heterocycles. The van der Waals surface area contributed by atoms with E-state index in [0.29, 0.717) is 0 Å². The molecule has 17 heavy (non-hydrogen) atoms. The minimum absolute atomic E-state index is 0. The minimum Gasteiger partial charge on any atom is -0.719 e. The second-order valence-corrected chi connectivity index (χ2v) is 3.57. The molecular weight excluding hydrogens is 310 g/mol. The molecule has 0 aromatic rings. The van der Waals surface area contributed by atoms with Crippen LogP contribution in [0.2, 0.25) is 0 Å². The molecule has 0 aromatic carbocycles. The Labute approximate surface area is 128 Å². The second-order valence-electron chi connectivity index (χ2n) is 2.88. The molecule has 0 aliphatic carbocycles. The summed E-state index contributed by atoms with van der Waals surface area (Å²) in [4.78, 5) is 23.9. The molecule has 0 rings (SSSR count). The Morgan fingerprint density at radius 3 is 0.941 bits per heavy atom. The van der Waals surface area contributed by atoms with Crippen molar-refractivity contribution < 1.29 is 29.1 Å². The molecule has 0 radical (unpaired) electrons. The van der Waals surface area contributed by atoms with Gasteiger partial charge in [-0.15, -0.1) is 0 Å². The molecule has 0 atom stereocenters. The zero-order chi connectivity index (χ0) is 13.1. The predicted molar refractivity (Wildman–Crippen MR) is 71.4 cm³/mol. The molecule has 0 unspecified atom stereocenters. The van der Waals surface area contributed by atoms with E-state index in [-0.39, 0.29) is 30.0 Å². The van der Waals surface area contributed by atoms with Crippen LogP contribution in [0, 0.1) is 0 Å². The van der Waals surface area contributed by atoms with Gasteiger partial charge in [0.1, 0.15) is 10.5 Å². The third-order valence-electron chi connectivity index (χ3n) is 2.04. The van der Waals surface area contributed by atoms with Gasteiger partial charge in [-0.1, -0.05) is 0 Å². The molecule has 0 spiro atoms. The number of carbonyl (C=O) groups excluding carboxylic acids is 2. The van der Waals surface area contributed by atoms with Crippen molar-refractivity contribution in [2.75, 3.05) is 26.2 Å². The molecule has 0 saturated carbocycles. The fourth-order valence-corrected chi connectivity index (χ4v) is 1.48. The Morgan fingerprint density at radius 1 is 0.765 bits per heavy atom. The quantitative estimate of drug-likeness (QED) is 0.584. The van der Waals surface area contributed by atoms with E-state index in [1.165, 1.54) is 0 Å². The number of rotatable bonds is 4. The van der Waals surface area contributed by atoms with E-state index in [0.717, 1.165) is 26.2 Å². The number of amides is 2. The third-order valence-corrected chi connectivity index (χ3v) is 2.56. The van der Waals surface area contributed by atoms with Crippen molar-refractivity contribution in [1.29, 1.82) is 0 Å². The first kappa shape index (κ1) is 22.2. The normalized spacial score (nSPS) is 8.24. The smallest absolute Gasteiger partial charge is 0.719 e. The summed E-state index contributed by atoms with van der Waals surface area (Å²) in [6, 6.07) is 0. The number of hydrogen-bond acceptors (Lipinski definition) is 4. The maximum absolute atomic E-state index is 10.3. The summed E-state index contributed by atoms with van der Waals surface area (Å²) >= 11 is 8.77. The molecule has 7 heteroatoms. The minimum atomic E-state index is -0.255. The van der Waals surface area contributed by atoms with Crippen molar-refractivity contribution in [2.45, 2.75) is 27.7 Å². The molecule has 2 amide bonds. The van der Waals surface area contributed by atoms with Gasteiger partial charge in [0, 0.05) is 26.2 Å². The van der Waals surface area contributed by atoms with Crippen molar-refractivity contribution in [3.8, 4) is 0 Å². The van der Waals surface area contributed by atoms with Crippen LogP contribution in [-0.2, 0) is 44.7 Å². The summed E-state index contributed by atoms with van der Waals surface area (Å²) in [5.74, 6) is 0. The zero-order valence-electron chi connectivity index (χ0n) is 11.1. The van der Waals surface area contributed by atoms with Crippen LogP contribution in [-0.4, -0.2) is 46.5 Å². The van der Waals surface area contributed by atoms with Gasteiger partial charge in [-0.3, -0.25) is 0 Å². The molecule has 4 nitrogen and oxygen atoms in total. The van der Waals surface area contributed by atoms with Gasteiger partial charge in [-0.05, 0) is 27.7 Å². The van der Waals surface area contributed by atoms with Crippen LogP contribution in [0.4, 0.5) is 9.59 Å². The SMILES string of the molecule is CCN(CC)C(=O)[S-].CCN(CC)C(=O)[S-].[Zn+2]. The van der Waals surface area contributed by atoms with E-state index in [2.05, 4.69) is 25.3 Å². The Balaban J connectivity index is -0.000000218. The zero-order valence-corrected chi connectivity index (χ0v) is 15.7. The van der Waals surface area contributed by atoms with Crippen molar-refractivity contribution >= 4 is 35.7 Å². The molecule has 0 aliphatic heterocycles. The second kappa shape index (κ2) is 14.1.